The van der Waals surface area contributed by atoms with Gasteiger partial charge in [-0.3, -0.25) is 0 Å². The number of allylic oxidation sites excluding steroid dienone is 2. The molecule has 0 aromatic heterocycles. The molecule has 0 amide bonds. The molecular weight excluding hydrogens is 320 g/mol. The predicted octanol–water partition coefficient (Wildman–Crippen LogP) is 2.30. The Bertz CT molecular complexity index is 208. The van der Waals surface area contributed by atoms with Crippen LogP contribution in [0.1, 0.15) is 26.7 Å². The van der Waals surface area contributed by atoms with Gasteiger partial charge in [-0.25, -0.2) is 0 Å². The van der Waals surface area contributed by atoms with Gasteiger partial charge in [-0.15, -0.1) is 0 Å². The fourth-order valence-electron chi connectivity index (χ4n) is 1.65. The zero-order valence-electron chi connectivity index (χ0n) is 7.96. The monoisotopic (exact) mass is 336 g/mol. The van der Waals surface area contributed by atoms with Crippen molar-refractivity contribution in [3.8, 4) is 0 Å². The van der Waals surface area contributed by atoms with Crippen LogP contribution < -0.4 is 0 Å². The van der Waals surface area contributed by atoms with Crippen LogP contribution in [-0.4, -0.2) is 11.2 Å². The third-order valence-corrected chi connectivity index (χ3v) is 4.26. The topological polar surface area (TPSA) is 9.23 Å². The number of rotatable bonds is 2. The van der Waals surface area contributed by atoms with Gasteiger partial charge in [-0.05, 0) is 0 Å². The molecule has 0 fully saturated rings. The first-order chi connectivity index (χ1) is 5.65. The molecule has 1 rings (SSSR count). The molecule has 0 spiro atoms. The average Bonchev–Trinajstić information content (AvgIpc) is 2.08. The SMILES string of the molecule is CO[C](=[W])[C@H]1CC(C)=CC[C@@H]1C. The summed E-state index contributed by atoms with van der Waals surface area (Å²) in [5.41, 5.74) is 1.52. The van der Waals surface area contributed by atoms with Gasteiger partial charge in [-0.2, -0.15) is 0 Å². The van der Waals surface area contributed by atoms with E-state index in [0.717, 1.165) is 5.92 Å². The number of hydrogen-bond donors (Lipinski definition) is 0. The molecule has 1 aliphatic rings. The Morgan fingerprint density at radius 3 is 2.92 bits per heavy atom. The maximum absolute atomic E-state index is 5.33. The van der Waals surface area contributed by atoms with Crippen molar-refractivity contribution in [3.63, 3.8) is 0 Å². The fraction of sp³-hybridized carbons (Fsp3) is 0.700. The van der Waals surface area contributed by atoms with Crippen LogP contribution >= 0.6 is 0 Å². The van der Waals surface area contributed by atoms with Crippen LogP contribution in [0.25, 0.3) is 0 Å². The van der Waals surface area contributed by atoms with Crippen molar-refractivity contribution in [1.29, 1.82) is 0 Å². The molecule has 0 aromatic rings. The Hall–Kier alpha value is 0.258. The summed E-state index contributed by atoms with van der Waals surface area (Å²) in [5.74, 6) is 1.44. The van der Waals surface area contributed by atoms with E-state index in [0.29, 0.717) is 5.92 Å². The molecule has 0 unspecified atom stereocenters. The minimum atomic E-state index is 0.676. The van der Waals surface area contributed by atoms with E-state index in [-0.39, 0.29) is 0 Å². The second-order valence-electron chi connectivity index (χ2n) is 3.60. The van der Waals surface area contributed by atoms with Crippen LogP contribution in [0.5, 0.6) is 0 Å². The van der Waals surface area contributed by atoms with Gasteiger partial charge < -0.3 is 0 Å². The molecule has 0 saturated carbocycles. The molecule has 0 N–H and O–H groups in total. The second-order valence-corrected chi connectivity index (χ2v) is 5.04. The summed E-state index contributed by atoms with van der Waals surface area (Å²) in [4.78, 5) is 0. The van der Waals surface area contributed by atoms with E-state index in [2.05, 4.69) is 19.9 Å². The maximum atomic E-state index is 5.33. The van der Waals surface area contributed by atoms with E-state index in [1.54, 1.807) is 7.11 Å². The van der Waals surface area contributed by atoms with Gasteiger partial charge in [-0.1, -0.05) is 0 Å². The first kappa shape index (κ1) is 10.3. The zero-order chi connectivity index (χ0) is 9.14. The Balaban J connectivity index is 2.65. The van der Waals surface area contributed by atoms with Crippen LogP contribution in [0, 0.1) is 11.8 Å². The van der Waals surface area contributed by atoms with Crippen molar-refractivity contribution in [1.82, 2.24) is 0 Å². The van der Waals surface area contributed by atoms with Crippen LogP contribution in [0.3, 0.4) is 0 Å². The second kappa shape index (κ2) is 4.48. The van der Waals surface area contributed by atoms with Gasteiger partial charge in [0.2, 0.25) is 0 Å². The average molecular weight is 336 g/mol. The third kappa shape index (κ3) is 2.37. The summed E-state index contributed by atoms with van der Waals surface area (Å²) in [6, 6.07) is 0. The van der Waals surface area contributed by atoms with E-state index in [4.69, 9.17) is 4.74 Å². The third-order valence-electron chi connectivity index (χ3n) is 2.57. The van der Waals surface area contributed by atoms with Crippen LogP contribution in [0.15, 0.2) is 11.6 Å². The quantitative estimate of drug-likeness (QED) is 0.704. The van der Waals surface area contributed by atoms with E-state index < -0.39 is 0 Å². The number of methoxy groups -OCH3 is 1. The molecule has 0 radical (unpaired) electrons. The molecule has 2 heteroatoms. The van der Waals surface area contributed by atoms with Crippen molar-refractivity contribution in [2.45, 2.75) is 26.7 Å². The summed E-state index contributed by atoms with van der Waals surface area (Å²) in [5, 5.41) is 0. The summed E-state index contributed by atoms with van der Waals surface area (Å²) in [6.45, 7) is 4.53. The Kier molecular flexibility index (Phi) is 3.86. The summed E-state index contributed by atoms with van der Waals surface area (Å²) in [6.07, 6.45) is 4.78. The van der Waals surface area contributed by atoms with Gasteiger partial charge >= 0.3 is 85.5 Å². The molecule has 12 heavy (non-hydrogen) atoms. The first-order valence-electron chi connectivity index (χ1n) is 4.38. The van der Waals surface area contributed by atoms with Gasteiger partial charge in [0.25, 0.3) is 0 Å². The summed E-state index contributed by atoms with van der Waals surface area (Å²) in [7, 11) is 1.79. The number of ether oxygens (including phenoxy) is 1. The van der Waals surface area contributed by atoms with Crippen LogP contribution in [-0.2, 0) is 24.1 Å². The van der Waals surface area contributed by atoms with E-state index in [9.17, 15) is 0 Å². The van der Waals surface area contributed by atoms with Crippen molar-refractivity contribution in [2.75, 3.05) is 7.11 Å². The molecule has 0 heterocycles. The Labute approximate surface area is 85.6 Å². The molecule has 0 bridgehead atoms. The first-order valence-corrected chi connectivity index (χ1v) is 5.85. The van der Waals surface area contributed by atoms with Gasteiger partial charge in [0.15, 0.2) is 0 Å². The van der Waals surface area contributed by atoms with Crippen LogP contribution in [0.2, 0.25) is 0 Å². The predicted molar refractivity (Wildman–Crippen MR) is 47.7 cm³/mol. The molecule has 2 atom stereocenters. The molecular formula is C10H16OW. The molecule has 68 valence electrons. The minimum absolute atomic E-state index is 0.676. The van der Waals surface area contributed by atoms with Crippen LogP contribution in [0.4, 0.5) is 0 Å². The van der Waals surface area contributed by atoms with E-state index in [1.165, 1.54) is 41.9 Å². The molecule has 1 aliphatic carbocycles. The normalized spacial score (nSPS) is 29.8. The molecule has 0 aliphatic heterocycles. The zero-order valence-corrected chi connectivity index (χ0v) is 10.9. The number of hydrogen-bond acceptors (Lipinski definition) is 1. The summed E-state index contributed by atoms with van der Waals surface area (Å²) < 4.78 is 6.61. The molecule has 0 saturated heterocycles. The fourth-order valence-corrected chi connectivity index (χ4v) is 2.78. The van der Waals surface area contributed by atoms with Crippen molar-refractivity contribution >= 4 is 4.08 Å². The Morgan fingerprint density at radius 2 is 2.33 bits per heavy atom. The van der Waals surface area contributed by atoms with E-state index in [1.807, 2.05) is 0 Å². The Morgan fingerprint density at radius 1 is 1.67 bits per heavy atom. The van der Waals surface area contributed by atoms with Gasteiger partial charge in [0, 0.05) is 0 Å². The standard InChI is InChI=1S/C10H16O.W/c1-8-4-5-9(2)10(6-8)7-11-3;/h4,9-10H,5-6H2,1-3H3;/t9-,10+;/m0./s1. The van der Waals surface area contributed by atoms with Crippen molar-refractivity contribution in [2.24, 2.45) is 11.8 Å². The molecule has 0 aromatic carbocycles. The van der Waals surface area contributed by atoms with Crippen molar-refractivity contribution in [3.05, 3.63) is 11.6 Å². The van der Waals surface area contributed by atoms with Crippen molar-refractivity contribution < 1.29 is 24.1 Å². The van der Waals surface area contributed by atoms with Gasteiger partial charge in [0.05, 0.1) is 0 Å². The van der Waals surface area contributed by atoms with Gasteiger partial charge in [0.1, 0.15) is 0 Å². The van der Waals surface area contributed by atoms with E-state index >= 15 is 0 Å². The summed E-state index contributed by atoms with van der Waals surface area (Å²) >= 11 is 1.49. The molecule has 1 nitrogen and oxygen atoms in total.